The Labute approximate surface area is 101 Å². The first-order valence-corrected chi connectivity index (χ1v) is 6.57. The highest BCUT2D eigenvalue weighted by atomic mass is 32.2. The molecule has 0 fully saturated rings. The van der Waals surface area contributed by atoms with Crippen molar-refractivity contribution >= 4 is 23.6 Å². The zero-order chi connectivity index (χ0) is 12.6. The summed E-state index contributed by atoms with van der Waals surface area (Å²) in [5.41, 5.74) is 0. The topological polar surface area (TPSA) is 55.4 Å². The molecule has 0 aromatic rings. The molecule has 0 saturated carbocycles. The molecule has 0 aliphatic rings. The first kappa shape index (κ1) is 15.3. The Kier molecular flexibility index (Phi) is 8.07. The lowest BCUT2D eigenvalue weighted by atomic mass is 10.2. The van der Waals surface area contributed by atoms with Crippen LogP contribution in [0.15, 0.2) is 0 Å². The molecule has 1 unspecified atom stereocenters. The molecule has 1 amide bonds. The molecular weight excluding hydrogens is 226 g/mol. The van der Waals surface area contributed by atoms with Crippen molar-refractivity contribution in [1.29, 1.82) is 0 Å². The van der Waals surface area contributed by atoms with E-state index in [9.17, 15) is 9.59 Å². The number of esters is 1. The van der Waals surface area contributed by atoms with Crippen LogP contribution in [0.25, 0.3) is 0 Å². The number of unbranched alkanes of at least 4 members (excludes halogenated alkanes) is 1. The lowest BCUT2D eigenvalue weighted by Gasteiger charge is -2.17. The number of methoxy groups -OCH3 is 1. The average Bonchev–Trinajstić information content (AvgIpc) is 2.26. The first-order valence-electron chi connectivity index (χ1n) is 5.52. The van der Waals surface area contributed by atoms with Crippen molar-refractivity contribution in [2.24, 2.45) is 5.92 Å². The number of rotatable bonds is 7. The molecule has 0 rings (SSSR count). The summed E-state index contributed by atoms with van der Waals surface area (Å²) in [5.74, 6) is 0.197. The van der Waals surface area contributed by atoms with E-state index in [0.717, 1.165) is 18.6 Å². The van der Waals surface area contributed by atoms with Crippen LogP contribution in [0.1, 0.15) is 33.6 Å². The van der Waals surface area contributed by atoms with E-state index in [1.54, 1.807) is 13.8 Å². The number of thioether (sulfide) groups is 1. The molecule has 0 aromatic heterocycles. The number of nitrogens with one attached hydrogen (secondary N) is 1. The fraction of sp³-hybridized carbons (Fsp3) is 0.818. The molecule has 94 valence electrons. The Hall–Kier alpha value is -0.710. The molecule has 1 atom stereocenters. The van der Waals surface area contributed by atoms with Crippen molar-refractivity contribution in [3.63, 3.8) is 0 Å². The quantitative estimate of drug-likeness (QED) is 0.423. The molecule has 16 heavy (non-hydrogen) atoms. The van der Waals surface area contributed by atoms with Crippen molar-refractivity contribution in [2.45, 2.75) is 39.0 Å². The fourth-order valence-corrected chi connectivity index (χ4v) is 2.04. The van der Waals surface area contributed by atoms with E-state index >= 15 is 0 Å². The lowest BCUT2D eigenvalue weighted by molar-refractivity contribution is -0.142. The minimum atomic E-state index is -0.577. The van der Waals surface area contributed by atoms with E-state index in [-0.39, 0.29) is 11.8 Å². The Morgan fingerprint density at radius 3 is 2.44 bits per heavy atom. The summed E-state index contributed by atoms with van der Waals surface area (Å²) >= 11 is 1.42. The molecule has 5 heteroatoms. The monoisotopic (exact) mass is 247 g/mol. The van der Waals surface area contributed by atoms with Gasteiger partial charge in [0.05, 0.1) is 7.11 Å². The van der Waals surface area contributed by atoms with Crippen LogP contribution in [0.3, 0.4) is 0 Å². The number of hydrogen-bond donors (Lipinski definition) is 1. The second-order valence-electron chi connectivity index (χ2n) is 3.79. The minimum Gasteiger partial charge on any atom is -0.467 e. The van der Waals surface area contributed by atoms with E-state index < -0.39 is 11.3 Å². The molecule has 0 saturated heterocycles. The Balaban J connectivity index is 4.20. The standard InChI is InChI=1S/C11H21NO3S/c1-5-6-7-16-10(11(14)15-4)12-9(13)8(2)3/h8,10H,5-7H2,1-4H3,(H,12,13). The largest absolute Gasteiger partial charge is 0.467 e. The van der Waals surface area contributed by atoms with Crippen LogP contribution in [0.2, 0.25) is 0 Å². The predicted octanol–water partition coefficient (Wildman–Crippen LogP) is 1.79. The molecule has 0 aliphatic carbocycles. The van der Waals surface area contributed by atoms with Gasteiger partial charge in [-0.25, -0.2) is 4.79 Å². The Morgan fingerprint density at radius 2 is 2.00 bits per heavy atom. The van der Waals surface area contributed by atoms with Crippen LogP contribution in [0.5, 0.6) is 0 Å². The highest BCUT2D eigenvalue weighted by Crippen LogP contribution is 2.13. The number of ether oxygens (including phenoxy) is 1. The van der Waals surface area contributed by atoms with Crippen LogP contribution in [-0.2, 0) is 14.3 Å². The van der Waals surface area contributed by atoms with Crippen LogP contribution < -0.4 is 5.32 Å². The summed E-state index contributed by atoms with van der Waals surface area (Å²) in [5, 5.41) is 2.10. The SMILES string of the molecule is CCCCSC(NC(=O)C(C)C)C(=O)OC. The van der Waals surface area contributed by atoms with Gasteiger partial charge in [-0.2, -0.15) is 0 Å². The van der Waals surface area contributed by atoms with Crippen molar-refractivity contribution < 1.29 is 14.3 Å². The minimum absolute atomic E-state index is 0.126. The maximum Gasteiger partial charge on any atom is 0.339 e. The highest BCUT2D eigenvalue weighted by Gasteiger charge is 2.22. The van der Waals surface area contributed by atoms with Crippen LogP contribution in [-0.4, -0.2) is 30.1 Å². The predicted molar refractivity (Wildman–Crippen MR) is 66.2 cm³/mol. The van der Waals surface area contributed by atoms with E-state index in [0.29, 0.717) is 0 Å². The van der Waals surface area contributed by atoms with E-state index in [1.807, 2.05) is 0 Å². The average molecular weight is 247 g/mol. The van der Waals surface area contributed by atoms with Crippen LogP contribution in [0.4, 0.5) is 0 Å². The van der Waals surface area contributed by atoms with Gasteiger partial charge in [0.25, 0.3) is 0 Å². The van der Waals surface area contributed by atoms with Gasteiger partial charge in [-0.15, -0.1) is 11.8 Å². The van der Waals surface area contributed by atoms with Gasteiger partial charge in [0.15, 0.2) is 5.37 Å². The second-order valence-corrected chi connectivity index (χ2v) is 5.00. The maximum atomic E-state index is 11.5. The van der Waals surface area contributed by atoms with Crippen LogP contribution >= 0.6 is 11.8 Å². The molecule has 0 radical (unpaired) electrons. The normalized spacial score (nSPS) is 12.3. The van der Waals surface area contributed by atoms with Gasteiger partial charge in [-0.3, -0.25) is 4.79 Å². The number of carbonyl (C=O) groups is 2. The zero-order valence-electron chi connectivity index (χ0n) is 10.4. The van der Waals surface area contributed by atoms with Gasteiger partial charge in [-0.1, -0.05) is 27.2 Å². The summed E-state index contributed by atoms with van der Waals surface area (Å²) in [6.07, 6.45) is 2.09. The number of amides is 1. The molecule has 0 heterocycles. The van der Waals surface area contributed by atoms with Crippen molar-refractivity contribution in [1.82, 2.24) is 5.32 Å². The summed E-state index contributed by atoms with van der Waals surface area (Å²) in [6, 6.07) is 0. The number of hydrogen-bond acceptors (Lipinski definition) is 4. The first-order chi connectivity index (χ1) is 7.52. The molecule has 0 spiro atoms. The lowest BCUT2D eigenvalue weighted by Crippen LogP contribution is -2.41. The van der Waals surface area contributed by atoms with Crippen molar-refractivity contribution in [2.75, 3.05) is 12.9 Å². The molecule has 0 aliphatic heterocycles. The Morgan fingerprint density at radius 1 is 1.38 bits per heavy atom. The van der Waals surface area contributed by atoms with Gasteiger partial charge in [0.1, 0.15) is 0 Å². The zero-order valence-corrected chi connectivity index (χ0v) is 11.2. The summed E-state index contributed by atoms with van der Waals surface area (Å²) in [4.78, 5) is 22.9. The van der Waals surface area contributed by atoms with Crippen molar-refractivity contribution in [3.8, 4) is 0 Å². The molecule has 0 bridgehead atoms. The van der Waals surface area contributed by atoms with Gasteiger partial charge >= 0.3 is 5.97 Å². The van der Waals surface area contributed by atoms with Crippen LogP contribution in [0, 0.1) is 5.92 Å². The molecular formula is C11H21NO3S. The smallest absolute Gasteiger partial charge is 0.339 e. The summed E-state index contributed by atoms with van der Waals surface area (Å²) in [6.45, 7) is 5.67. The summed E-state index contributed by atoms with van der Waals surface area (Å²) in [7, 11) is 1.33. The third-order valence-corrected chi connectivity index (χ3v) is 3.16. The number of carbonyl (C=O) groups excluding carboxylic acids is 2. The molecule has 0 aromatic carbocycles. The second kappa shape index (κ2) is 8.44. The van der Waals surface area contributed by atoms with Gasteiger partial charge < -0.3 is 10.1 Å². The summed E-state index contributed by atoms with van der Waals surface area (Å²) < 4.78 is 4.65. The third-order valence-electron chi connectivity index (χ3n) is 2.00. The fourth-order valence-electron chi connectivity index (χ4n) is 0.917. The Bertz CT molecular complexity index is 231. The van der Waals surface area contributed by atoms with Crippen molar-refractivity contribution in [3.05, 3.63) is 0 Å². The van der Waals surface area contributed by atoms with Gasteiger partial charge in [0.2, 0.25) is 5.91 Å². The maximum absolute atomic E-state index is 11.5. The van der Waals surface area contributed by atoms with E-state index in [2.05, 4.69) is 17.0 Å². The highest BCUT2D eigenvalue weighted by molar-refractivity contribution is 8.00. The van der Waals surface area contributed by atoms with Gasteiger partial charge in [-0.05, 0) is 12.2 Å². The van der Waals surface area contributed by atoms with Gasteiger partial charge in [0, 0.05) is 5.92 Å². The molecule has 1 N–H and O–H groups in total. The van der Waals surface area contributed by atoms with E-state index in [1.165, 1.54) is 18.9 Å². The van der Waals surface area contributed by atoms with E-state index in [4.69, 9.17) is 0 Å². The molecule has 4 nitrogen and oxygen atoms in total. The third kappa shape index (κ3) is 6.00.